The van der Waals surface area contributed by atoms with Gasteiger partial charge in [0.05, 0.1) is 7.11 Å². The third kappa shape index (κ3) is 3.72. The van der Waals surface area contributed by atoms with Crippen LogP contribution < -0.4 is 9.47 Å². The maximum atomic E-state index is 13.6. The second kappa shape index (κ2) is 6.58. The molecule has 0 aliphatic carbocycles. The van der Waals surface area contributed by atoms with Crippen LogP contribution in [0.4, 0.5) is 4.39 Å². The van der Waals surface area contributed by atoms with Gasteiger partial charge < -0.3 is 14.6 Å². The predicted molar refractivity (Wildman–Crippen MR) is 78.4 cm³/mol. The molecule has 21 heavy (non-hydrogen) atoms. The first-order valence-electron chi connectivity index (χ1n) is 5.99. The quantitative estimate of drug-likeness (QED) is 0.885. The van der Waals surface area contributed by atoms with E-state index in [1.807, 2.05) is 0 Å². The number of halogens is 2. The van der Waals surface area contributed by atoms with Crippen LogP contribution in [0.1, 0.15) is 15.9 Å². The number of hydrogen-bond acceptors (Lipinski definition) is 3. The molecule has 110 valence electrons. The summed E-state index contributed by atoms with van der Waals surface area (Å²) in [7, 11) is 1.38. The maximum Gasteiger partial charge on any atom is 0.339 e. The van der Waals surface area contributed by atoms with Crippen LogP contribution in [0.15, 0.2) is 40.9 Å². The van der Waals surface area contributed by atoms with E-state index in [0.717, 1.165) is 0 Å². The second-order valence-electron chi connectivity index (χ2n) is 4.20. The number of hydrogen-bond donors (Lipinski definition) is 1. The van der Waals surface area contributed by atoms with Crippen LogP contribution in [0.5, 0.6) is 11.5 Å². The minimum absolute atomic E-state index is 0.0401. The summed E-state index contributed by atoms with van der Waals surface area (Å²) >= 11 is 3.20. The lowest BCUT2D eigenvalue weighted by molar-refractivity contribution is 0.0691. The van der Waals surface area contributed by atoms with Crippen LogP contribution >= 0.6 is 15.9 Å². The Kier molecular flexibility index (Phi) is 4.80. The molecular weight excluding hydrogens is 343 g/mol. The Labute approximate surface area is 129 Å². The van der Waals surface area contributed by atoms with Crippen molar-refractivity contribution in [3.63, 3.8) is 0 Å². The SMILES string of the molecule is COc1ccc(COc2ccc(Br)cc2C(=O)O)cc1F. The van der Waals surface area contributed by atoms with E-state index in [4.69, 9.17) is 14.6 Å². The number of carboxylic acids is 1. The monoisotopic (exact) mass is 354 g/mol. The fourth-order valence-electron chi connectivity index (χ4n) is 1.76. The Morgan fingerprint density at radius 2 is 1.95 bits per heavy atom. The van der Waals surface area contributed by atoms with E-state index in [1.54, 1.807) is 18.2 Å². The number of aromatic carboxylic acids is 1. The zero-order valence-corrected chi connectivity index (χ0v) is 12.7. The molecule has 0 radical (unpaired) electrons. The first kappa shape index (κ1) is 15.3. The van der Waals surface area contributed by atoms with Crippen molar-refractivity contribution in [3.8, 4) is 11.5 Å². The van der Waals surface area contributed by atoms with Crippen molar-refractivity contribution in [1.82, 2.24) is 0 Å². The van der Waals surface area contributed by atoms with Gasteiger partial charge in [0.15, 0.2) is 11.6 Å². The summed E-state index contributed by atoms with van der Waals surface area (Å²) < 4.78 is 24.5. The molecule has 0 amide bonds. The minimum Gasteiger partial charge on any atom is -0.494 e. The van der Waals surface area contributed by atoms with Gasteiger partial charge in [-0.25, -0.2) is 9.18 Å². The Balaban J connectivity index is 2.16. The van der Waals surface area contributed by atoms with Gasteiger partial charge in [-0.05, 0) is 35.9 Å². The summed E-state index contributed by atoms with van der Waals surface area (Å²) in [6.45, 7) is 0.0584. The molecule has 6 heteroatoms. The van der Waals surface area contributed by atoms with Gasteiger partial charge >= 0.3 is 5.97 Å². The van der Waals surface area contributed by atoms with Gasteiger partial charge in [-0.1, -0.05) is 22.0 Å². The van der Waals surface area contributed by atoms with Crippen LogP contribution in [0.2, 0.25) is 0 Å². The largest absolute Gasteiger partial charge is 0.494 e. The smallest absolute Gasteiger partial charge is 0.339 e. The summed E-state index contributed by atoms with van der Waals surface area (Å²) in [6, 6.07) is 9.11. The zero-order chi connectivity index (χ0) is 15.4. The van der Waals surface area contributed by atoms with Crippen LogP contribution in [-0.4, -0.2) is 18.2 Å². The van der Waals surface area contributed by atoms with Gasteiger partial charge in [0.2, 0.25) is 0 Å². The highest BCUT2D eigenvalue weighted by molar-refractivity contribution is 9.10. The highest BCUT2D eigenvalue weighted by atomic mass is 79.9. The predicted octanol–water partition coefficient (Wildman–Crippen LogP) is 3.87. The van der Waals surface area contributed by atoms with Crippen molar-refractivity contribution in [2.75, 3.05) is 7.11 Å². The molecule has 0 aliphatic rings. The third-order valence-electron chi connectivity index (χ3n) is 2.78. The van der Waals surface area contributed by atoms with E-state index in [2.05, 4.69) is 15.9 Å². The Morgan fingerprint density at radius 3 is 2.57 bits per heavy atom. The summed E-state index contributed by atoms with van der Waals surface area (Å²) in [5.74, 6) is -1.21. The molecule has 0 unspecified atom stereocenters. The van der Waals surface area contributed by atoms with E-state index >= 15 is 0 Å². The highest BCUT2D eigenvalue weighted by Crippen LogP contribution is 2.25. The summed E-state index contributed by atoms with van der Waals surface area (Å²) in [5, 5.41) is 9.12. The Morgan fingerprint density at radius 1 is 1.24 bits per heavy atom. The number of methoxy groups -OCH3 is 1. The number of carbonyl (C=O) groups is 1. The molecule has 4 nitrogen and oxygen atoms in total. The van der Waals surface area contributed by atoms with Crippen LogP contribution in [0.25, 0.3) is 0 Å². The number of rotatable bonds is 5. The standard InChI is InChI=1S/C15H12BrFO4/c1-20-14-4-2-9(6-12(14)17)8-21-13-5-3-10(16)7-11(13)15(18)19/h2-7H,8H2,1H3,(H,18,19). The van der Waals surface area contributed by atoms with Gasteiger partial charge in [-0.2, -0.15) is 0 Å². The Hall–Kier alpha value is -2.08. The molecule has 2 aromatic rings. The highest BCUT2D eigenvalue weighted by Gasteiger charge is 2.12. The lowest BCUT2D eigenvalue weighted by Gasteiger charge is -2.10. The molecular formula is C15H12BrFO4. The van der Waals surface area contributed by atoms with E-state index in [1.165, 1.54) is 25.3 Å². The normalized spacial score (nSPS) is 10.2. The van der Waals surface area contributed by atoms with Crippen LogP contribution in [-0.2, 0) is 6.61 Å². The maximum absolute atomic E-state index is 13.6. The molecule has 0 fully saturated rings. The Bertz CT molecular complexity index is 673. The molecule has 0 bridgehead atoms. The first-order valence-corrected chi connectivity index (χ1v) is 6.78. The van der Waals surface area contributed by atoms with Crippen molar-refractivity contribution in [2.45, 2.75) is 6.61 Å². The molecule has 0 atom stereocenters. The molecule has 0 aromatic heterocycles. The molecule has 0 aliphatic heterocycles. The minimum atomic E-state index is -1.09. The average molecular weight is 355 g/mol. The van der Waals surface area contributed by atoms with Gasteiger partial charge in [0.25, 0.3) is 0 Å². The molecule has 0 saturated heterocycles. The molecule has 0 heterocycles. The van der Waals surface area contributed by atoms with Gasteiger partial charge in [0, 0.05) is 4.47 Å². The topological polar surface area (TPSA) is 55.8 Å². The molecule has 0 saturated carbocycles. The van der Waals surface area contributed by atoms with Crippen molar-refractivity contribution < 1.29 is 23.8 Å². The number of ether oxygens (including phenoxy) is 2. The molecule has 2 rings (SSSR count). The lowest BCUT2D eigenvalue weighted by atomic mass is 10.2. The van der Waals surface area contributed by atoms with Gasteiger partial charge in [-0.15, -0.1) is 0 Å². The fourth-order valence-corrected chi connectivity index (χ4v) is 2.12. The summed E-state index contributed by atoms with van der Waals surface area (Å²) in [6.07, 6.45) is 0. The summed E-state index contributed by atoms with van der Waals surface area (Å²) in [4.78, 5) is 11.1. The summed E-state index contributed by atoms with van der Waals surface area (Å²) in [5.41, 5.74) is 0.617. The second-order valence-corrected chi connectivity index (χ2v) is 5.12. The zero-order valence-electron chi connectivity index (χ0n) is 11.1. The van der Waals surface area contributed by atoms with Crippen molar-refractivity contribution >= 4 is 21.9 Å². The van der Waals surface area contributed by atoms with Crippen molar-refractivity contribution in [3.05, 3.63) is 57.8 Å². The fraction of sp³-hybridized carbons (Fsp3) is 0.133. The van der Waals surface area contributed by atoms with E-state index in [-0.39, 0.29) is 23.7 Å². The van der Waals surface area contributed by atoms with E-state index < -0.39 is 11.8 Å². The van der Waals surface area contributed by atoms with Gasteiger partial charge in [-0.3, -0.25) is 0 Å². The molecule has 2 aromatic carbocycles. The first-order chi connectivity index (χ1) is 10.0. The number of benzene rings is 2. The van der Waals surface area contributed by atoms with Crippen molar-refractivity contribution in [2.24, 2.45) is 0 Å². The lowest BCUT2D eigenvalue weighted by Crippen LogP contribution is -2.04. The average Bonchev–Trinajstić information content (AvgIpc) is 2.46. The number of carboxylic acid groups (broad SMARTS) is 1. The van der Waals surface area contributed by atoms with E-state index in [9.17, 15) is 9.18 Å². The van der Waals surface area contributed by atoms with E-state index in [0.29, 0.717) is 10.0 Å². The van der Waals surface area contributed by atoms with Gasteiger partial charge in [0.1, 0.15) is 17.9 Å². The molecule has 0 spiro atoms. The van der Waals surface area contributed by atoms with Crippen LogP contribution in [0.3, 0.4) is 0 Å². The van der Waals surface area contributed by atoms with Crippen molar-refractivity contribution in [1.29, 1.82) is 0 Å². The van der Waals surface area contributed by atoms with Crippen LogP contribution in [0, 0.1) is 5.82 Å². The third-order valence-corrected chi connectivity index (χ3v) is 3.28. The molecule has 1 N–H and O–H groups in total.